The van der Waals surface area contributed by atoms with E-state index in [1.165, 1.54) is 19.2 Å². The van der Waals surface area contributed by atoms with Crippen LogP contribution in [-0.4, -0.2) is 25.3 Å². The van der Waals surface area contributed by atoms with Crippen LogP contribution in [0.4, 0.5) is 0 Å². The molecule has 0 radical (unpaired) electrons. The molecule has 0 amide bonds. The zero-order valence-electron chi connectivity index (χ0n) is 8.91. The molecule has 17 heavy (non-hydrogen) atoms. The normalized spacial score (nSPS) is 11.5. The summed E-state index contributed by atoms with van der Waals surface area (Å²) in [5, 5.41) is 11.4. The minimum absolute atomic E-state index is 0.0397. The van der Waals surface area contributed by atoms with Crippen LogP contribution < -0.4 is 4.74 Å². The fourth-order valence-electron chi connectivity index (χ4n) is 1.15. The van der Waals surface area contributed by atoms with Gasteiger partial charge in [0, 0.05) is 4.90 Å². The third kappa shape index (κ3) is 3.56. The van der Waals surface area contributed by atoms with Crippen molar-refractivity contribution in [1.82, 2.24) is 0 Å². The lowest BCUT2D eigenvalue weighted by Crippen LogP contribution is -2.02. The molecule has 1 aromatic rings. The SMILES string of the molecule is COc1cc(SOOO)c(C)cc1S(=O)(=O)O. The highest BCUT2D eigenvalue weighted by molar-refractivity contribution is 7.94. The average molecular weight is 282 g/mol. The summed E-state index contributed by atoms with van der Waals surface area (Å²) in [6.45, 7) is 1.59. The van der Waals surface area contributed by atoms with Crippen LogP contribution in [0.2, 0.25) is 0 Å². The molecule has 0 unspecified atom stereocenters. The summed E-state index contributed by atoms with van der Waals surface area (Å²) in [5.41, 5.74) is 0.500. The molecule has 7 nitrogen and oxygen atoms in total. The molecule has 0 aliphatic carbocycles. The Labute approximate surface area is 102 Å². The molecule has 0 saturated heterocycles. The molecule has 2 N–H and O–H groups in total. The second-order valence-electron chi connectivity index (χ2n) is 2.97. The molecule has 0 aromatic heterocycles. The van der Waals surface area contributed by atoms with Gasteiger partial charge in [0.2, 0.25) is 0 Å². The van der Waals surface area contributed by atoms with E-state index in [2.05, 4.69) is 9.37 Å². The van der Waals surface area contributed by atoms with Crippen LogP contribution in [-0.2, 0) is 19.5 Å². The Balaban J connectivity index is 3.25. The van der Waals surface area contributed by atoms with E-state index in [1.54, 1.807) is 6.92 Å². The fourth-order valence-corrected chi connectivity index (χ4v) is 2.32. The molecule has 9 heteroatoms. The van der Waals surface area contributed by atoms with Crippen molar-refractivity contribution < 1.29 is 32.3 Å². The van der Waals surface area contributed by atoms with Gasteiger partial charge in [-0.15, -0.1) is 4.33 Å². The highest BCUT2D eigenvalue weighted by atomic mass is 32.2. The van der Waals surface area contributed by atoms with E-state index in [4.69, 9.17) is 14.5 Å². The van der Waals surface area contributed by atoms with Crippen molar-refractivity contribution in [2.45, 2.75) is 16.7 Å². The molecule has 0 aliphatic heterocycles. The summed E-state index contributed by atoms with van der Waals surface area (Å²) >= 11 is 0.667. The van der Waals surface area contributed by atoms with E-state index in [0.29, 0.717) is 22.5 Å². The highest BCUT2D eigenvalue weighted by Gasteiger charge is 2.19. The standard InChI is InChI=1S/C8H10O7S2/c1-5-3-8(17(10,11)12)6(13-2)4-7(5)16-15-14-9/h3-4,9H,1-2H3,(H,10,11,12). The van der Waals surface area contributed by atoms with Crippen molar-refractivity contribution in [2.75, 3.05) is 7.11 Å². The summed E-state index contributed by atoms with van der Waals surface area (Å²) in [5.74, 6) is -0.0397. The van der Waals surface area contributed by atoms with Gasteiger partial charge in [0.25, 0.3) is 10.1 Å². The van der Waals surface area contributed by atoms with E-state index < -0.39 is 10.1 Å². The Hall–Kier alpha value is -0.840. The molecule has 1 aromatic carbocycles. The van der Waals surface area contributed by atoms with E-state index in [9.17, 15) is 8.42 Å². The quantitative estimate of drug-likeness (QED) is 0.364. The van der Waals surface area contributed by atoms with E-state index in [1.807, 2.05) is 0 Å². The van der Waals surface area contributed by atoms with Crippen LogP contribution in [0.1, 0.15) is 5.56 Å². The third-order valence-corrected chi connectivity index (χ3v) is 3.52. The largest absolute Gasteiger partial charge is 0.495 e. The topological polar surface area (TPSA) is 102 Å². The maximum absolute atomic E-state index is 11.1. The van der Waals surface area contributed by atoms with Gasteiger partial charge in [0.05, 0.1) is 19.2 Å². The summed E-state index contributed by atoms with van der Waals surface area (Å²) in [4.78, 5) is 0.120. The first-order chi connectivity index (χ1) is 7.90. The summed E-state index contributed by atoms with van der Waals surface area (Å²) in [7, 11) is -3.10. The third-order valence-electron chi connectivity index (χ3n) is 1.89. The van der Waals surface area contributed by atoms with Gasteiger partial charge in [-0.05, 0) is 24.6 Å². The smallest absolute Gasteiger partial charge is 0.298 e. The predicted octanol–water partition coefficient (Wildman–Crippen LogP) is 1.68. The first-order valence-corrected chi connectivity index (χ1v) is 6.39. The van der Waals surface area contributed by atoms with Crippen LogP contribution in [0.3, 0.4) is 0 Å². The number of ether oxygens (including phenoxy) is 1. The fraction of sp³-hybridized carbons (Fsp3) is 0.250. The molecule has 0 fully saturated rings. The summed E-state index contributed by atoms with van der Waals surface area (Å²) in [6, 6.07) is 2.55. The molecule has 0 atom stereocenters. The monoisotopic (exact) mass is 282 g/mol. The van der Waals surface area contributed by atoms with Gasteiger partial charge < -0.3 is 4.74 Å². The Morgan fingerprint density at radius 3 is 2.47 bits per heavy atom. The van der Waals surface area contributed by atoms with E-state index >= 15 is 0 Å². The maximum Gasteiger partial charge on any atom is 0.298 e. The minimum Gasteiger partial charge on any atom is -0.495 e. The number of rotatable bonds is 5. The lowest BCUT2D eigenvalue weighted by molar-refractivity contribution is -0.432. The number of hydrogen-bond acceptors (Lipinski definition) is 7. The van der Waals surface area contributed by atoms with Gasteiger partial charge in [-0.2, -0.15) is 8.42 Å². The highest BCUT2D eigenvalue weighted by Crippen LogP contribution is 2.33. The molecule has 0 saturated carbocycles. The Morgan fingerprint density at radius 1 is 1.35 bits per heavy atom. The van der Waals surface area contributed by atoms with Crippen LogP contribution in [0, 0.1) is 6.92 Å². The lowest BCUT2D eigenvalue weighted by atomic mass is 10.2. The number of benzene rings is 1. The Kier molecular flexibility index (Phi) is 4.74. The zero-order chi connectivity index (χ0) is 13.1. The van der Waals surface area contributed by atoms with Crippen molar-refractivity contribution >= 4 is 22.2 Å². The van der Waals surface area contributed by atoms with Crippen LogP contribution in [0.15, 0.2) is 21.9 Å². The second-order valence-corrected chi connectivity index (χ2v) is 5.10. The Bertz CT molecular complexity index is 497. The van der Waals surface area contributed by atoms with Crippen molar-refractivity contribution in [1.29, 1.82) is 0 Å². The van der Waals surface area contributed by atoms with E-state index in [0.717, 1.165) is 0 Å². The van der Waals surface area contributed by atoms with Crippen LogP contribution >= 0.6 is 12.0 Å². The minimum atomic E-state index is -4.36. The summed E-state index contributed by atoms with van der Waals surface area (Å²) in [6.07, 6.45) is 0. The molecule has 0 bridgehead atoms. The van der Waals surface area contributed by atoms with Crippen molar-refractivity contribution in [3.8, 4) is 5.75 Å². The van der Waals surface area contributed by atoms with Crippen molar-refractivity contribution in [2.24, 2.45) is 0 Å². The van der Waals surface area contributed by atoms with Gasteiger partial charge in [-0.3, -0.25) is 4.55 Å². The number of hydrogen-bond donors (Lipinski definition) is 2. The van der Waals surface area contributed by atoms with Crippen LogP contribution in [0.5, 0.6) is 5.75 Å². The van der Waals surface area contributed by atoms with Crippen LogP contribution in [0.25, 0.3) is 0 Å². The second kappa shape index (κ2) is 5.67. The van der Waals surface area contributed by atoms with Gasteiger partial charge in [0.1, 0.15) is 10.6 Å². The van der Waals surface area contributed by atoms with Gasteiger partial charge in [0.15, 0.2) is 0 Å². The average Bonchev–Trinajstić information content (AvgIpc) is 2.25. The Morgan fingerprint density at radius 2 is 2.00 bits per heavy atom. The molecule has 0 spiro atoms. The van der Waals surface area contributed by atoms with Crippen molar-refractivity contribution in [3.05, 3.63) is 17.7 Å². The van der Waals surface area contributed by atoms with Crippen molar-refractivity contribution in [3.63, 3.8) is 0 Å². The van der Waals surface area contributed by atoms with Gasteiger partial charge in [-0.1, -0.05) is 5.04 Å². The zero-order valence-corrected chi connectivity index (χ0v) is 10.5. The number of methoxy groups -OCH3 is 1. The van der Waals surface area contributed by atoms with E-state index in [-0.39, 0.29) is 10.6 Å². The molecular formula is C8H10O7S2. The molecule has 0 aliphatic rings. The van der Waals surface area contributed by atoms with Gasteiger partial charge in [-0.25, -0.2) is 5.26 Å². The first-order valence-electron chi connectivity index (χ1n) is 4.21. The summed E-state index contributed by atoms with van der Waals surface area (Å²) < 4.78 is 40.2. The number of aryl methyl sites for hydroxylation is 1. The first kappa shape index (κ1) is 14.2. The van der Waals surface area contributed by atoms with Gasteiger partial charge >= 0.3 is 0 Å². The molecule has 0 heterocycles. The predicted molar refractivity (Wildman–Crippen MR) is 58.2 cm³/mol. The molecule has 1 rings (SSSR count). The molecular weight excluding hydrogens is 272 g/mol. The lowest BCUT2D eigenvalue weighted by Gasteiger charge is -2.10. The maximum atomic E-state index is 11.1. The molecule has 96 valence electrons.